The van der Waals surface area contributed by atoms with E-state index >= 15 is 0 Å². The van der Waals surface area contributed by atoms with E-state index in [2.05, 4.69) is 17.4 Å². The van der Waals surface area contributed by atoms with Crippen molar-refractivity contribution >= 4 is 0 Å². The van der Waals surface area contributed by atoms with E-state index in [9.17, 15) is 0 Å². The third-order valence-corrected chi connectivity index (χ3v) is 3.75. The van der Waals surface area contributed by atoms with Crippen LogP contribution < -0.4 is 15.8 Å². The summed E-state index contributed by atoms with van der Waals surface area (Å²) in [5, 5.41) is 3.63. The topological polar surface area (TPSA) is 47.3 Å². The highest BCUT2D eigenvalue weighted by molar-refractivity contribution is 5.28. The zero-order valence-corrected chi connectivity index (χ0v) is 11.2. The van der Waals surface area contributed by atoms with Crippen LogP contribution in [0.5, 0.6) is 5.75 Å². The van der Waals surface area contributed by atoms with Gasteiger partial charge < -0.3 is 15.8 Å². The van der Waals surface area contributed by atoms with E-state index in [4.69, 9.17) is 10.5 Å². The first-order valence-corrected chi connectivity index (χ1v) is 6.90. The standard InChI is InChI=1S/C15H24N2O/c1-18-15-4-2-3-12(11-15)9-10-17-14-7-5-13(16)6-8-14/h2-4,11,13-14,17H,5-10,16H2,1H3. The second-order valence-corrected chi connectivity index (χ2v) is 5.17. The van der Waals surface area contributed by atoms with Crippen LogP contribution in [0.15, 0.2) is 24.3 Å². The van der Waals surface area contributed by atoms with E-state index in [0.717, 1.165) is 31.6 Å². The second kappa shape index (κ2) is 6.76. The molecule has 1 fully saturated rings. The lowest BCUT2D eigenvalue weighted by molar-refractivity contribution is 0.344. The number of ether oxygens (including phenoxy) is 1. The molecule has 3 N–H and O–H groups in total. The smallest absolute Gasteiger partial charge is 0.119 e. The summed E-state index contributed by atoms with van der Waals surface area (Å²) >= 11 is 0. The Morgan fingerprint density at radius 2 is 2.06 bits per heavy atom. The number of hydrogen-bond acceptors (Lipinski definition) is 3. The third-order valence-electron chi connectivity index (χ3n) is 3.75. The Balaban J connectivity index is 1.71. The maximum absolute atomic E-state index is 5.91. The Morgan fingerprint density at radius 1 is 1.28 bits per heavy atom. The van der Waals surface area contributed by atoms with E-state index in [1.807, 2.05) is 12.1 Å². The molecule has 2 rings (SSSR count). The van der Waals surface area contributed by atoms with Crippen molar-refractivity contribution in [2.75, 3.05) is 13.7 Å². The molecule has 0 heterocycles. The molecule has 0 unspecified atom stereocenters. The van der Waals surface area contributed by atoms with Crippen molar-refractivity contribution in [2.45, 2.75) is 44.2 Å². The number of hydrogen-bond donors (Lipinski definition) is 2. The lowest BCUT2D eigenvalue weighted by atomic mass is 9.92. The minimum atomic E-state index is 0.432. The van der Waals surface area contributed by atoms with Crippen LogP contribution in [0.1, 0.15) is 31.2 Å². The molecule has 0 aliphatic heterocycles. The largest absolute Gasteiger partial charge is 0.497 e. The van der Waals surface area contributed by atoms with Crippen molar-refractivity contribution in [3.8, 4) is 5.75 Å². The molecule has 1 saturated carbocycles. The zero-order chi connectivity index (χ0) is 12.8. The fraction of sp³-hybridized carbons (Fsp3) is 0.600. The van der Waals surface area contributed by atoms with Gasteiger partial charge in [-0.3, -0.25) is 0 Å². The highest BCUT2D eigenvalue weighted by Crippen LogP contribution is 2.17. The summed E-state index contributed by atoms with van der Waals surface area (Å²) in [6.45, 7) is 1.03. The van der Waals surface area contributed by atoms with Gasteiger partial charge in [0.2, 0.25) is 0 Å². The van der Waals surface area contributed by atoms with Gasteiger partial charge in [0, 0.05) is 12.1 Å². The van der Waals surface area contributed by atoms with Crippen molar-refractivity contribution in [3.05, 3.63) is 29.8 Å². The summed E-state index contributed by atoms with van der Waals surface area (Å²) in [4.78, 5) is 0. The van der Waals surface area contributed by atoms with Crippen LogP contribution >= 0.6 is 0 Å². The van der Waals surface area contributed by atoms with E-state index in [-0.39, 0.29) is 0 Å². The van der Waals surface area contributed by atoms with Crippen LogP contribution in [-0.2, 0) is 6.42 Å². The van der Waals surface area contributed by atoms with Crippen LogP contribution in [0, 0.1) is 0 Å². The molecule has 0 bridgehead atoms. The molecule has 1 aliphatic carbocycles. The van der Waals surface area contributed by atoms with Crippen molar-refractivity contribution in [1.82, 2.24) is 5.32 Å². The van der Waals surface area contributed by atoms with Gasteiger partial charge in [-0.05, 0) is 56.3 Å². The molecule has 1 aromatic carbocycles. The Labute approximate surface area is 110 Å². The molecule has 18 heavy (non-hydrogen) atoms. The molecular weight excluding hydrogens is 224 g/mol. The van der Waals surface area contributed by atoms with Crippen molar-refractivity contribution in [3.63, 3.8) is 0 Å². The maximum atomic E-state index is 5.91. The Morgan fingerprint density at radius 3 is 2.78 bits per heavy atom. The van der Waals surface area contributed by atoms with Crippen LogP contribution in [0.3, 0.4) is 0 Å². The molecule has 3 heteroatoms. The minimum Gasteiger partial charge on any atom is -0.497 e. The second-order valence-electron chi connectivity index (χ2n) is 5.17. The number of nitrogens with one attached hydrogen (secondary N) is 1. The summed E-state index contributed by atoms with van der Waals surface area (Å²) in [7, 11) is 1.71. The van der Waals surface area contributed by atoms with Crippen LogP contribution in [0.2, 0.25) is 0 Å². The molecule has 0 saturated heterocycles. The molecule has 0 amide bonds. The Hall–Kier alpha value is -1.06. The SMILES string of the molecule is COc1cccc(CCNC2CCC(N)CC2)c1. The fourth-order valence-electron chi connectivity index (χ4n) is 2.57. The van der Waals surface area contributed by atoms with Gasteiger partial charge in [-0.25, -0.2) is 0 Å². The summed E-state index contributed by atoms with van der Waals surface area (Å²) in [5.74, 6) is 0.941. The van der Waals surface area contributed by atoms with Gasteiger partial charge in [-0.15, -0.1) is 0 Å². The maximum Gasteiger partial charge on any atom is 0.119 e. The molecule has 1 aliphatic rings. The average molecular weight is 248 g/mol. The first kappa shape index (κ1) is 13.4. The average Bonchev–Trinajstić information content (AvgIpc) is 2.41. The summed E-state index contributed by atoms with van der Waals surface area (Å²) < 4.78 is 5.23. The lowest BCUT2D eigenvalue weighted by Crippen LogP contribution is -2.38. The Bertz CT molecular complexity index is 359. The number of benzene rings is 1. The third kappa shape index (κ3) is 4.00. The van der Waals surface area contributed by atoms with E-state index in [1.54, 1.807) is 7.11 Å². The molecule has 0 aromatic heterocycles. The van der Waals surface area contributed by atoms with E-state index in [1.165, 1.54) is 18.4 Å². The quantitative estimate of drug-likeness (QED) is 0.839. The van der Waals surface area contributed by atoms with E-state index < -0.39 is 0 Å². The molecule has 0 atom stereocenters. The predicted octanol–water partition coefficient (Wildman–Crippen LogP) is 2.10. The van der Waals surface area contributed by atoms with Crippen molar-refractivity contribution in [1.29, 1.82) is 0 Å². The van der Waals surface area contributed by atoms with Gasteiger partial charge in [0.25, 0.3) is 0 Å². The number of nitrogens with two attached hydrogens (primary N) is 1. The normalized spacial score (nSPS) is 23.9. The van der Waals surface area contributed by atoms with Gasteiger partial charge in [0.1, 0.15) is 5.75 Å². The summed E-state index contributed by atoms with van der Waals surface area (Å²) in [6, 6.07) is 9.39. The van der Waals surface area contributed by atoms with Gasteiger partial charge in [0.15, 0.2) is 0 Å². The zero-order valence-electron chi connectivity index (χ0n) is 11.2. The summed E-state index contributed by atoms with van der Waals surface area (Å²) in [5.41, 5.74) is 7.24. The lowest BCUT2D eigenvalue weighted by Gasteiger charge is -2.26. The minimum absolute atomic E-state index is 0.432. The number of rotatable bonds is 5. The Kier molecular flexibility index (Phi) is 5.02. The number of methoxy groups -OCH3 is 1. The van der Waals surface area contributed by atoms with Crippen molar-refractivity contribution < 1.29 is 4.74 Å². The van der Waals surface area contributed by atoms with Gasteiger partial charge in [0.05, 0.1) is 7.11 Å². The molecule has 1 aromatic rings. The monoisotopic (exact) mass is 248 g/mol. The van der Waals surface area contributed by atoms with Crippen molar-refractivity contribution in [2.24, 2.45) is 5.73 Å². The highest BCUT2D eigenvalue weighted by Gasteiger charge is 2.17. The molecule has 3 nitrogen and oxygen atoms in total. The molecule has 0 radical (unpaired) electrons. The van der Waals surface area contributed by atoms with Gasteiger partial charge >= 0.3 is 0 Å². The predicted molar refractivity (Wildman–Crippen MR) is 74.9 cm³/mol. The highest BCUT2D eigenvalue weighted by atomic mass is 16.5. The first-order valence-electron chi connectivity index (χ1n) is 6.90. The first-order chi connectivity index (χ1) is 8.78. The molecule has 100 valence electrons. The molecular formula is C15H24N2O. The van der Waals surface area contributed by atoms with Crippen LogP contribution in [0.25, 0.3) is 0 Å². The fourth-order valence-corrected chi connectivity index (χ4v) is 2.57. The summed E-state index contributed by atoms with van der Waals surface area (Å²) in [6.07, 6.45) is 5.83. The molecule has 0 spiro atoms. The van der Waals surface area contributed by atoms with Crippen LogP contribution in [0.4, 0.5) is 0 Å². The van der Waals surface area contributed by atoms with Crippen LogP contribution in [-0.4, -0.2) is 25.7 Å². The van der Waals surface area contributed by atoms with Gasteiger partial charge in [-0.1, -0.05) is 12.1 Å². The van der Waals surface area contributed by atoms with Gasteiger partial charge in [-0.2, -0.15) is 0 Å². The van der Waals surface area contributed by atoms with E-state index in [0.29, 0.717) is 12.1 Å².